The van der Waals surface area contributed by atoms with E-state index in [1.165, 1.54) is 18.4 Å². The highest BCUT2D eigenvalue weighted by Gasteiger charge is 2.31. The summed E-state index contributed by atoms with van der Waals surface area (Å²) in [6.45, 7) is 13.2. The van der Waals surface area contributed by atoms with Crippen molar-refractivity contribution in [3.8, 4) is 11.1 Å². The van der Waals surface area contributed by atoms with Crippen molar-refractivity contribution in [2.24, 2.45) is 5.92 Å². The lowest BCUT2D eigenvalue weighted by molar-refractivity contribution is 0.0968. The number of halogens is 2. The van der Waals surface area contributed by atoms with Crippen LogP contribution in [0.25, 0.3) is 11.1 Å². The molecule has 1 unspecified atom stereocenters. The lowest BCUT2D eigenvalue weighted by atomic mass is 9.79. The third-order valence-electron chi connectivity index (χ3n) is 9.16. The van der Waals surface area contributed by atoms with Gasteiger partial charge in [0.25, 0.3) is 0 Å². The minimum atomic E-state index is -0.158. The van der Waals surface area contributed by atoms with Gasteiger partial charge in [-0.3, -0.25) is 0 Å². The van der Waals surface area contributed by atoms with Crippen molar-refractivity contribution in [3.63, 3.8) is 0 Å². The predicted octanol–water partition coefficient (Wildman–Crippen LogP) is 7.09. The third kappa shape index (κ3) is 7.57. The van der Waals surface area contributed by atoms with Crippen LogP contribution in [0.2, 0.25) is 0 Å². The molecule has 0 aromatic heterocycles. The highest BCUT2D eigenvalue weighted by Crippen LogP contribution is 2.34. The van der Waals surface area contributed by atoms with E-state index < -0.39 is 0 Å². The van der Waals surface area contributed by atoms with Crippen molar-refractivity contribution in [1.29, 1.82) is 0 Å². The predicted molar refractivity (Wildman–Crippen MR) is 162 cm³/mol. The van der Waals surface area contributed by atoms with Crippen LogP contribution in [0.15, 0.2) is 72.8 Å². The van der Waals surface area contributed by atoms with Gasteiger partial charge < -0.3 is 14.7 Å². The number of piperazine rings is 1. The van der Waals surface area contributed by atoms with Crippen LogP contribution in [-0.4, -0.2) is 73.1 Å². The summed E-state index contributed by atoms with van der Waals surface area (Å²) in [5, 5.41) is 0. The molecular weight excluding hydrogens is 500 g/mol. The van der Waals surface area contributed by atoms with E-state index >= 15 is 0 Å². The lowest BCUT2D eigenvalue weighted by Crippen LogP contribution is -2.49. The van der Waals surface area contributed by atoms with Crippen molar-refractivity contribution in [3.05, 3.63) is 95.6 Å². The largest absolute Gasteiger partial charge is 0.301 e. The molecule has 0 bridgehead atoms. The Morgan fingerprint density at radius 1 is 0.750 bits per heavy atom. The first-order chi connectivity index (χ1) is 19.5. The molecule has 214 valence electrons. The Morgan fingerprint density at radius 2 is 1.40 bits per heavy atom. The third-order valence-corrected chi connectivity index (χ3v) is 9.16. The smallest absolute Gasteiger partial charge is 0.123 e. The first-order valence-electron chi connectivity index (χ1n) is 15.2. The van der Waals surface area contributed by atoms with Gasteiger partial charge in [0, 0.05) is 38.8 Å². The number of rotatable bonds is 10. The quantitative estimate of drug-likeness (QED) is 0.269. The summed E-state index contributed by atoms with van der Waals surface area (Å²) in [6, 6.07) is 23.4. The summed E-state index contributed by atoms with van der Waals surface area (Å²) in [5.74, 6) is 0.781. The molecule has 2 heterocycles. The fourth-order valence-corrected chi connectivity index (χ4v) is 6.71. The van der Waals surface area contributed by atoms with E-state index in [1.807, 2.05) is 36.4 Å². The van der Waals surface area contributed by atoms with Crippen LogP contribution >= 0.6 is 0 Å². The van der Waals surface area contributed by atoms with Crippen LogP contribution in [0.4, 0.5) is 8.78 Å². The Morgan fingerprint density at radius 3 is 2.08 bits per heavy atom. The Bertz CT molecular complexity index is 1180. The van der Waals surface area contributed by atoms with Gasteiger partial charge in [-0.1, -0.05) is 48.5 Å². The summed E-state index contributed by atoms with van der Waals surface area (Å²) in [6.07, 6.45) is 4.33. The van der Waals surface area contributed by atoms with E-state index in [9.17, 15) is 8.78 Å². The minimum Gasteiger partial charge on any atom is -0.301 e. The van der Waals surface area contributed by atoms with E-state index in [0.29, 0.717) is 17.9 Å². The molecular formula is C35H45F2N3. The molecule has 2 aliphatic rings. The summed E-state index contributed by atoms with van der Waals surface area (Å²) >= 11 is 0. The standard InChI is InChI=1S/C35H45F2N3/c1-27(2)40-19-16-30(17-20-40)35(29-10-12-32(36)13-11-29)26-39-23-21-38(22-24-39)18-6-9-31-25-33(37)14-15-34(31)28-7-4-3-5-8-28/h3-5,7-8,10-15,25,27,30,35H,6,9,16-24,26H2,1-2H3. The lowest BCUT2D eigenvalue weighted by Gasteiger charge is -2.41. The van der Waals surface area contributed by atoms with Crippen LogP contribution in [0, 0.1) is 17.6 Å². The molecule has 2 saturated heterocycles. The number of nitrogens with zero attached hydrogens (tertiary/aromatic N) is 3. The van der Waals surface area contributed by atoms with E-state index in [0.717, 1.165) is 81.9 Å². The van der Waals surface area contributed by atoms with Crippen LogP contribution in [0.3, 0.4) is 0 Å². The molecule has 0 aliphatic carbocycles. The van der Waals surface area contributed by atoms with Crippen molar-refractivity contribution in [1.82, 2.24) is 14.7 Å². The first-order valence-corrected chi connectivity index (χ1v) is 15.2. The van der Waals surface area contributed by atoms with Gasteiger partial charge in [0.2, 0.25) is 0 Å². The summed E-state index contributed by atoms with van der Waals surface area (Å²) in [5.41, 5.74) is 4.67. The number of hydrogen-bond acceptors (Lipinski definition) is 3. The van der Waals surface area contributed by atoms with Gasteiger partial charge in [-0.05, 0) is 118 Å². The zero-order chi connectivity index (χ0) is 27.9. The fraction of sp³-hybridized carbons (Fsp3) is 0.486. The molecule has 40 heavy (non-hydrogen) atoms. The van der Waals surface area contributed by atoms with E-state index in [-0.39, 0.29) is 11.6 Å². The zero-order valence-corrected chi connectivity index (χ0v) is 24.2. The van der Waals surface area contributed by atoms with Gasteiger partial charge in [0.15, 0.2) is 0 Å². The molecule has 0 saturated carbocycles. The molecule has 0 amide bonds. The summed E-state index contributed by atoms with van der Waals surface area (Å²) in [4.78, 5) is 7.77. The average molecular weight is 546 g/mol. The molecule has 3 aromatic rings. The second kappa shape index (κ2) is 13.8. The zero-order valence-electron chi connectivity index (χ0n) is 24.2. The molecule has 2 fully saturated rings. The van der Waals surface area contributed by atoms with Gasteiger partial charge in [-0.15, -0.1) is 0 Å². The van der Waals surface area contributed by atoms with E-state index in [1.54, 1.807) is 24.3 Å². The molecule has 3 nitrogen and oxygen atoms in total. The highest BCUT2D eigenvalue weighted by atomic mass is 19.1. The maximum Gasteiger partial charge on any atom is 0.123 e. The molecule has 3 aromatic carbocycles. The Labute approximate surface area is 239 Å². The Kier molecular flexibility index (Phi) is 10.0. The first kappa shape index (κ1) is 28.9. The van der Waals surface area contributed by atoms with Crippen LogP contribution in [-0.2, 0) is 6.42 Å². The van der Waals surface area contributed by atoms with E-state index in [4.69, 9.17) is 0 Å². The topological polar surface area (TPSA) is 9.72 Å². The van der Waals surface area contributed by atoms with Crippen LogP contribution in [0.5, 0.6) is 0 Å². The van der Waals surface area contributed by atoms with E-state index in [2.05, 4.69) is 40.7 Å². The average Bonchev–Trinajstić information content (AvgIpc) is 2.98. The van der Waals surface area contributed by atoms with Gasteiger partial charge in [-0.25, -0.2) is 8.78 Å². The number of piperidine rings is 1. The second-order valence-electron chi connectivity index (χ2n) is 12.0. The number of aryl methyl sites for hydroxylation is 1. The van der Waals surface area contributed by atoms with Crippen molar-refractivity contribution >= 4 is 0 Å². The number of hydrogen-bond donors (Lipinski definition) is 0. The fourth-order valence-electron chi connectivity index (χ4n) is 6.71. The minimum absolute atomic E-state index is 0.153. The molecule has 0 spiro atoms. The number of likely N-dealkylation sites (tertiary alicyclic amines) is 1. The summed E-state index contributed by atoms with van der Waals surface area (Å²) < 4.78 is 27.8. The maximum absolute atomic E-state index is 14.1. The SMILES string of the molecule is CC(C)N1CCC(C(CN2CCN(CCCc3cc(F)ccc3-c3ccccc3)CC2)c2ccc(F)cc2)CC1. The Balaban J connectivity index is 1.14. The van der Waals surface area contributed by atoms with Crippen molar-refractivity contribution < 1.29 is 8.78 Å². The van der Waals surface area contributed by atoms with Crippen LogP contribution < -0.4 is 0 Å². The molecule has 2 aliphatic heterocycles. The summed E-state index contributed by atoms with van der Waals surface area (Å²) in [7, 11) is 0. The van der Waals surface area contributed by atoms with Gasteiger partial charge in [0.1, 0.15) is 11.6 Å². The molecule has 1 atom stereocenters. The normalized spacial score (nSPS) is 18.8. The Hall–Kier alpha value is -2.60. The van der Waals surface area contributed by atoms with Crippen molar-refractivity contribution in [2.75, 3.05) is 52.4 Å². The maximum atomic E-state index is 14.1. The molecule has 5 heteroatoms. The van der Waals surface area contributed by atoms with Gasteiger partial charge >= 0.3 is 0 Å². The number of benzene rings is 3. The van der Waals surface area contributed by atoms with Gasteiger partial charge in [0.05, 0.1) is 0 Å². The van der Waals surface area contributed by atoms with Gasteiger partial charge in [-0.2, -0.15) is 0 Å². The van der Waals surface area contributed by atoms with Crippen molar-refractivity contribution in [2.45, 2.75) is 51.5 Å². The van der Waals surface area contributed by atoms with Crippen LogP contribution in [0.1, 0.15) is 50.2 Å². The molecule has 0 radical (unpaired) electrons. The molecule has 0 N–H and O–H groups in total. The monoisotopic (exact) mass is 545 g/mol. The highest BCUT2D eigenvalue weighted by molar-refractivity contribution is 5.67. The molecule has 5 rings (SSSR count). The second-order valence-corrected chi connectivity index (χ2v) is 12.0.